The second-order valence-corrected chi connectivity index (χ2v) is 10.3. The molecule has 3 heterocycles. The predicted octanol–water partition coefficient (Wildman–Crippen LogP) is 1.06. The van der Waals surface area contributed by atoms with Crippen LogP contribution in [0.15, 0.2) is 50.9 Å². The number of ether oxygens (including phenoxy) is 2. The van der Waals surface area contributed by atoms with Gasteiger partial charge >= 0.3 is 5.97 Å². The van der Waals surface area contributed by atoms with Crippen molar-refractivity contribution in [2.75, 3.05) is 20.0 Å². The molecule has 34 heavy (non-hydrogen) atoms. The number of dihydropyridines is 1. The minimum Gasteiger partial charge on any atom is -0.467 e. The van der Waals surface area contributed by atoms with Crippen molar-refractivity contribution in [1.82, 2.24) is 10.4 Å². The van der Waals surface area contributed by atoms with E-state index in [1.807, 2.05) is 0 Å². The summed E-state index contributed by atoms with van der Waals surface area (Å²) in [6.45, 7) is 0.0546. The smallest absolute Gasteiger partial charge is 0.334 e. The van der Waals surface area contributed by atoms with E-state index in [2.05, 4.69) is 21.5 Å². The van der Waals surface area contributed by atoms with Crippen LogP contribution in [0.1, 0.15) is 19.3 Å². The number of hydrazine groups is 1. The van der Waals surface area contributed by atoms with E-state index < -0.39 is 39.3 Å². The summed E-state index contributed by atoms with van der Waals surface area (Å²) >= 11 is 0. The lowest BCUT2D eigenvalue weighted by molar-refractivity contribution is -0.164. The van der Waals surface area contributed by atoms with Crippen LogP contribution in [0.25, 0.3) is 0 Å². The lowest BCUT2D eigenvalue weighted by Crippen LogP contribution is -2.58. The molecule has 0 bridgehead atoms. The van der Waals surface area contributed by atoms with Crippen LogP contribution in [0.2, 0.25) is 0 Å². The third kappa shape index (κ3) is 4.32. The maximum absolute atomic E-state index is 12.7. The zero-order valence-corrected chi connectivity index (χ0v) is 19.4. The highest BCUT2D eigenvalue weighted by molar-refractivity contribution is 7.90. The lowest BCUT2D eigenvalue weighted by Gasteiger charge is -2.45. The van der Waals surface area contributed by atoms with Crippen molar-refractivity contribution in [3.63, 3.8) is 0 Å². The number of carbonyl (C=O) groups is 2. The summed E-state index contributed by atoms with van der Waals surface area (Å²) in [4.78, 5) is 33.2. The molecular formula is C22H23N5O6S. The average Bonchev–Trinajstić information content (AvgIpc) is 3.19. The van der Waals surface area contributed by atoms with Gasteiger partial charge in [-0.2, -0.15) is 5.26 Å². The minimum absolute atomic E-state index is 0.0546. The number of fused-ring (bicyclic) bond motifs is 1. The molecule has 0 spiro atoms. The first kappa shape index (κ1) is 23.6. The second-order valence-electron chi connectivity index (χ2n) is 8.27. The number of sulfone groups is 1. The predicted molar refractivity (Wildman–Crippen MR) is 121 cm³/mol. The van der Waals surface area contributed by atoms with Crippen molar-refractivity contribution >= 4 is 39.5 Å². The van der Waals surface area contributed by atoms with Crippen LogP contribution < -0.4 is 5.43 Å². The number of esters is 1. The molecule has 0 aliphatic carbocycles. The number of methoxy groups -OCH3 is 1. The second kappa shape index (κ2) is 9.00. The fourth-order valence-corrected chi connectivity index (χ4v) is 4.88. The van der Waals surface area contributed by atoms with Crippen molar-refractivity contribution in [3.8, 4) is 6.07 Å². The number of nitrogens with zero attached hydrogens (tertiary/aromatic N) is 4. The zero-order valence-electron chi connectivity index (χ0n) is 18.6. The minimum atomic E-state index is -3.36. The monoisotopic (exact) mass is 485 g/mol. The number of benzene rings is 1. The van der Waals surface area contributed by atoms with Crippen LogP contribution in [-0.2, 0) is 28.9 Å². The van der Waals surface area contributed by atoms with Gasteiger partial charge in [-0.05, 0) is 43.2 Å². The number of allylic oxidation sites excluding steroid dienone is 1. The Morgan fingerprint density at radius 1 is 1.41 bits per heavy atom. The number of nitrogens with one attached hydrogen (secondary N) is 1. The quantitative estimate of drug-likeness (QED) is 0.604. The van der Waals surface area contributed by atoms with Gasteiger partial charge in [-0.3, -0.25) is 15.2 Å². The molecular weight excluding hydrogens is 462 g/mol. The molecule has 12 heteroatoms. The Morgan fingerprint density at radius 2 is 2.15 bits per heavy atom. The maximum Gasteiger partial charge on any atom is 0.334 e. The molecule has 2 fully saturated rings. The van der Waals surface area contributed by atoms with Gasteiger partial charge in [0.2, 0.25) is 0 Å². The first-order valence-corrected chi connectivity index (χ1v) is 12.4. The molecule has 3 atom stereocenters. The number of hydrogen-bond acceptors (Lipinski definition) is 9. The molecule has 1 unspecified atom stereocenters. The van der Waals surface area contributed by atoms with Gasteiger partial charge in [-0.15, -0.1) is 0 Å². The third-order valence-electron chi connectivity index (χ3n) is 6.03. The number of hydrogen-bond donors (Lipinski definition) is 1. The van der Waals surface area contributed by atoms with Crippen LogP contribution >= 0.6 is 0 Å². The Bertz CT molecular complexity index is 1240. The molecule has 1 N–H and O–H groups in total. The average molecular weight is 486 g/mol. The molecule has 1 aromatic carbocycles. The van der Waals surface area contributed by atoms with E-state index >= 15 is 0 Å². The highest BCUT2D eigenvalue weighted by atomic mass is 32.2. The van der Waals surface area contributed by atoms with Crippen LogP contribution in [0, 0.1) is 17.2 Å². The molecule has 2 saturated heterocycles. The molecule has 0 radical (unpaired) electrons. The first-order valence-electron chi connectivity index (χ1n) is 10.5. The summed E-state index contributed by atoms with van der Waals surface area (Å²) in [5, 5.41) is 11.3. The number of amidine groups is 1. The van der Waals surface area contributed by atoms with Crippen molar-refractivity contribution in [2.24, 2.45) is 15.9 Å². The highest BCUT2D eigenvalue weighted by Crippen LogP contribution is 2.40. The van der Waals surface area contributed by atoms with Crippen LogP contribution in [0.5, 0.6) is 0 Å². The van der Waals surface area contributed by atoms with Gasteiger partial charge in [0.15, 0.2) is 15.9 Å². The van der Waals surface area contributed by atoms with Crippen molar-refractivity contribution in [1.29, 1.82) is 5.26 Å². The molecule has 11 nitrogen and oxygen atoms in total. The number of nitriles is 1. The number of amides is 1. The Hall–Kier alpha value is -3.56. The largest absolute Gasteiger partial charge is 0.467 e. The fraction of sp³-hybridized carbons (Fsp3) is 0.409. The number of carbonyl (C=O) groups excluding carboxylic acids is 2. The molecule has 4 rings (SSSR count). The van der Waals surface area contributed by atoms with E-state index in [1.54, 1.807) is 23.2 Å². The highest BCUT2D eigenvalue weighted by Gasteiger charge is 2.51. The van der Waals surface area contributed by atoms with Gasteiger partial charge in [0.05, 0.1) is 48.0 Å². The Kier molecular flexibility index (Phi) is 6.24. The summed E-state index contributed by atoms with van der Waals surface area (Å²) in [7, 11) is -2.07. The topological polar surface area (TPSA) is 151 Å². The summed E-state index contributed by atoms with van der Waals surface area (Å²) in [6.07, 6.45) is 4.31. The molecule has 3 aliphatic heterocycles. The Labute approximate surface area is 196 Å². The summed E-state index contributed by atoms with van der Waals surface area (Å²) in [5.41, 5.74) is 3.32. The molecule has 0 aromatic heterocycles. The van der Waals surface area contributed by atoms with Crippen molar-refractivity contribution in [3.05, 3.63) is 36.0 Å². The van der Waals surface area contributed by atoms with Gasteiger partial charge in [0, 0.05) is 12.5 Å². The number of aliphatic imine (C=N–C) groups is 2. The Balaban J connectivity index is 1.68. The van der Waals surface area contributed by atoms with E-state index in [0.717, 1.165) is 6.26 Å². The van der Waals surface area contributed by atoms with Gasteiger partial charge in [-0.25, -0.2) is 23.2 Å². The van der Waals surface area contributed by atoms with Crippen molar-refractivity contribution in [2.45, 2.75) is 35.8 Å². The number of rotatable bonds is 5. The van der Waals surface area contributed by atoms with Gasteiger partial charge in [-0.1, -0.05) is 0 Å². The Morgan fingerprint density at radius 3 is 2.74 bits per heavy atom. The van der Waals surface area contributed by atoms with E-state index in [0.29, 0.717) is 30.1 Å². The van der Waals surface area contributed by atoms with E-state index in [-0.39, 0.29) is 17.9 Å². The summed E-state index contributed by atoms with van der Waals surface area (Å²) in [5.74, 6) is -1.41. The van der Waals surface area contributed by atoms with Crippen LogP contribution in [-0.4, -0.2) is 69.0 Å². The summed E-state index contributed by atoms with van der Waals surface area (Å²) in [6, 6.07) is 8.16. The molecule has 178 valence electrons. The SMILES string of the molecule is COC(=O)[C@@H]1CC[C@@](CC#N)(N2NC(=Nc3ccc(S(C)(=O)=O)cc3)C3C(=O)N=CC=C32)CO1. The third-order valence-corrected chi connectivity index (χ3v) is 7.16. The first-order chi connectivity index (χ1) is 16.2. The molecule has 0 saturated carbocycles. The summed E-state index contributed by atoms with van der Waals surface area (Å²) < 4.78 is 34.0. The fourth-order valence-electron chi connectivity index (χ4n) is 4.25. The maximum atomic E-state index is 12.7. The lowest BCUT2D eigenvalue weighted by atomic mass is 9.85. The van der Waals surface area contributed by atoms with Gasteiger partial charge in [0.1, 0.15) is 11.8 Å². The van der Waals surface area contributed by atoms with E-state index in [4.69, 9.17) is 9.47 Å². The normalized spacial score (nSPS) is 27.6. The van der Waals surface area contributed by atoms with Gasteiger partial charge in [0.25, 0.3) is 5.91 Å². The van der Waals surface area contributed by atoms with E-state index in [1.165, 1.54) is 25.5 Å². The van der Waals surface area contributed by atoms with Crippen molar-refractivity contribution < 1.29 is 27.5 Å². The van der Waals surface area contributed by atoms with Gasteiger partial charge < -0.3 is 9.47 Å². The zero-order chi connectivity index (χ0) is 24.5. The van der Waals surface area contributed by atoms with E-state index in [9.17, 15) is 23.3 Å². The standard InChI is InChI=1S/C22H23N5O6S/c1-32-21(29)17-7-9-22(10-11-23,13-33-17)27-16-8-12-24-20(28)18(16)19(26-27)25-14-3-5-15(6-4-14)34(2,30)31/h3-6,8,12,17-18H,7,9-10,13H2,1-2H3,(H,25,26)/t17-,18?,22-/m0/s1. The molecule has 3 aliphatic rings. The van der Waals surface area contributed by atoms with Crippen LogP contribution in [0.3, 0.4) is 0 Å². The van der Waals surface area contributed by atoms with Crippen LogP contribution in [0.4, 0.5) is 5.69 Å². The molecule has 1 aromatic rings. The molecule has 1 amide bonds.